The van der Waals surface area contributed by atoms with Crippen LogP contribution >= 0.6 is 12.9 Å². The third kappa shape index (κ3) is 18.9. The van der Waals surface area contributed by atoms with E-state index in [-0.39, 0.29) is 43.7 Å². The van der Waals surface area contributed by atoms with Crippen LogP contribution in [0.1, 0.15) is 86.1 Å². The number of hydrogen-bond donors (Lipinski definition) is 8. The summed E-state index contributed by atoms with van der Waals surface area (Å²) >= 11 is 3.40. The van der Waals surface area contributed by atoms with Crippen molar-refractivity contribution in [3.8, 4) is 0 Å². The largest absolute Gasteiger partial charge is 0.443 e. The first-order valence-corrected chi connectivity index (χ1v) is 16.4. The number of amides is 7. The number of carbonyl (C=O) groups excluding carboxylic acids is 6. The summed E-state index contributed by atoms with van der Waals surface area (Å²) in [5.74, 6) is -1.84. The van der Waals surface area contributed by atoms with Gasteiger partial charge in [-0.3, -0.25) is 19.2 Å². The summed E-state index contributed by atoms with van der Waals surface area (Å²) in [6, 6.07) is 3.82. The summed E-state index contributed by atoms with van der Waals surface area (Å²) in [6.07, 6.45) is 0.711. The molecule has 17 heteroatoms. The van der Waals surface area contributed by atoms with E-state index in [1.165, 1.54) is 6.92 Å². The lowest BCUT2D eigenvalue weighted by Crippen LogP contribution is -2.54. The van der Waals surface area contributed by atoms with Crippen molar-refractivity contribution in [2.24, 2.45) is 11.7 Å². The summed E-state index contributed by atoms with van der Waals surface area (Å²) < 4.78 is 15.1. The van der Waals surface area contributed by atoms with E-state index in [0.717, 1.165) is 0 Å². The van der Waals surface area contributed by atoms with Gasteiger partial charge in [0.05, 0.1) is 5.60 Å². The second kappa shape index (κ2) is 21.1. The van der Waals surface area contributed by atoms with Crippen LogP contribution in [0, 0.1) is 5.92 Å². The number of nitrogens with one attached hydrogen (secondary N) is 6. The number of rotatable bonds is 21. The second-order valence-corrected chi connectivity index (χ2v) is 13.3. The number of hydrogen-bond acceptors (Lipinski definition) is 10. The Kier molecular flexibility index (Phi) is 18.5. The number of carbonyl (C=O) groups is 6. The van der Waals surface area contributed by atoms with Gasteiger partial charge in [-0.05, 0) is 77.0 Å². The van der Waals surface area contributed by atoms with Crippen LogP contribution in [0.3, 0.4) is 0 Å². The highest BCUT2D eigenvalue weighted by Gasteiger charge is 2.30. The smallest absolute Gasteiger partial charge is 0.432 e. The van der Waals surface area contributed by atoms with Gasteiger partial charge in [0.1, 0.15) is 18.7 Å². The molecule has 2 atom stereocenters. The van der Waals surface area contributed by atoms with Crippen molar-refractivity contribution < 1.29 is 42.5 Å². The van der Waals surface area contributed by atoms with Crippen LogP contribution in [0.5, 0.6) is 0 Å². The maximum Gasteiger partial charge on any atom is 0.432 e. The molecule has 7 amide bonds. The number of anilines is 1. The molecule has 0 fully saturated rings. The van der Waals surface area contributed by atoms with Gasteiger partial charge in [-0.1, -0.05) is 26.0 Å². The van der Waals surface area contributed by atoms with Crippen LogP contribution in [-0.4, -0.2) is 72.1 Å². The number of benzene rings is 1. The molecule has 0 aliphatic heterocycles. The average Bonchev–Trinajstić information content (AvgIpc) is 2.98. The number of thiol groups is 1. The fourth-order valence-electron chi connectivity index (χ4n) is 4.57. The summed E-state index contributed by atoms with van der Waals surface area (Å²) in [7, 11) is 0. The molecule has 0 radical (unpaired) electrons. The van der Waals surface area contributed by atoms with Crippen molar-refractivity contribution in [1.29, 1.82) is 0 Å². The molecule has 0 bridgehead atoms. The predicted octanol–water partition coefficient (Wildman–Crippen LogP) is 2.58. The number of nitrogens with two attached hydrogens (primary N) is 1. The highest BCUT2D eigenvalue weighted by atomic mass is 32.1. The maximum absolute atomic E-state index is 13.4. The normalized spacial score (nSPS) is 12.7. The van der Waals surface area contributed by atoms with Crippen LogP contribution in [0.25, 0.3) is 0 Å². The van der Waals surface area contributed by atoms with Crippen LogP contribution in [0.15, 0.2) is 24.3 Å². The third-order valence-corrected chi connectivity index (χ3v) is 7.37. The van der Waals surface area contributed by atoms with E-state index in [4.69, 9.17) is 15.2 Å². The molecule has 16 nitrogen and oxygen atoms in total. The molecule has 8 N–H and O–H groups in total. The molecule has 0 saturated heterocycles. The Balaban J connectivity index is 2.85. The fourth-order valence-corrected chi connectivity index (χ4v) is 4.64. The van der Waals surface area contributed by atoms with Crippen molar-refractivity contribution in [3.05, 3.63) is 29.8 Å². The van der Waals surface area contributed by atoms with Crippen molar-refractivity contribution in [3.63, 3.8) is 0 Å². The number of ether oxygens (including phenoxy) is 2. The Bertz CT molecular complexity index is 1260. The highest BCUT2D eigenvalue weighted by molar-refractivity contribution is 7.75. The average molecular weight is 712 g/mol. The molecular formula is C32H53N7O9S. The lowest BCUT2D eigenvalue weighted by atomic mass is 9.99. The molecule has 0 spiro atoms. The van der Waals surface area contributed by atoms with E-state index >= 15 is 0 Å². The van der Waals surface area contributed by atoms with Crippen LogP contribution in [0.4, 0.5) is 15.3 Å². The first-order valence-electron chi connectivity index (χ1n) is 16.0. The Morgan fingerprint density at radius 2 is 1.59 bits per heavy atom. The zero-order valence-electron chi connectivity index (χ0n) is 29.4. The SMILES string of the molecule is CC(=O)NC(C)(C)CCOC(C)(C)CCC(=O)NC(C(=O)NC(CCCNC(N)=O)C(=O)Nc1ccc(COC(=O)NOS)cc1)C(C)C. The predicted molar refractivity (Wildman–Crippen MR) is 186 cm³/mol. The minimum atomic E-state index is -1.01. The van der Waals surface area contributed by atoms with E-state index in [1.807, 2.05) is 33.2 Å². The number of urea groups is 1. The van der Waals surface area contributed by atoms with Crippen molar-refractivity contribution in [2.45, 2.75) is 110 Å². The molecule has 1 rings (SSSR count). The van der Waals surface area contributed by atoms with Crippen LogP contribution in [-0.2, 0) is 39.5 Å². The molecule has 2 unspecified atom stereocenters. The minimum Gasteiger partial charge on any atom is -0.443 e. The Labute approximate surface area is 293 Å². The lowest BCUT2D eigenvalue weighted by molar-refractivity contribution is -0.132. The van der Waals surface area contributed by atoms with Crippen molar-refractivity contribution in [2.75, 3.05) is 18.5 Å². The van der Waals surface area contributed by atoms with Gasteiger partial charge in [-0.15, -0.1) is 0 Å². The number of hydroxylamine groups is 1. The third-order valence-electron chi connectivity index (χ3n) is 7.28. The van der Waals surface area contributed by atoms with Gasteiger partial charge >= 0.3 is 12.1 Å². The Morgan fingerprint density at radius 1 is 0.939 bits per heavy atom. The van der Waals surface area contributed by atoms with E-state index in [2.05, 4.69) is 43.8 Å². The van der Waals surface area contributed by atoms with E-state index in [9.17, 15) is 28.8 Å². The van der Waals surface area contributed by atoms with Gasteiger partial charge < -0.3 is 41.8 Å². The molecule has 0 aromatic heterocycles. The molecule has 0 saturated carbocycles. The first-order chi connectivity index (χ1) is 22.8. The van der Waals surface area contributed by atoms with Gasteiger partial charge in [-0.2, -0.15) is 5.48 Å². The Hall–Kier alpha value is -4.09. The number of primary amides is 1. The van der Waals surface area contributed by atoms with E-state index < -0.39 is 47.2 Å². The van der Waals surface area contributed by atoms with Gasteiger partial charge in [0.25, 0.3) is 0 Å². The van der Waals surface area contributed by atoms with Crippen LogP contribution < -0.4 is 37.8 Å². The second-order valence-electron chi connectivity index (χ2n) is 13.2. The summed E-state index contributed by atoms with van der Waals surface area (Å²) in [5, 5.41) is 13.6. The summed E-state index contributed by atoms with van der Waals surface area (Å²) in [5.41, 5.74) is 7.02. The zero-order chi connectivity index (χ0) is 37.2. The highest BCUT2D eigenvalue weighted by Crippen LogP contribution is 2.20. The van der Waals surface area contributed by atoms with Gasteiger partial charge in [0.15, 0.2) is 0 Å². The van der Waals surface area contributed by atoms with Crippen molar-refractivity contribution in [1.82, 2.24) is 26.7 Å². The molecule has 0 aliphatic rings. The Morgan fingerprint density at radius 3 is 2.16 bits per heavy atom. The van der Waals surface area contributed by atoms with Gasteiger partial charge in [-0.25, -0.2) is 13.9 Å². The quantitative estimate of drug-likeness (QED) is 0.0405. The molecule has 1 aromatic rings. The molecule has 49 heavy (non-hydrogen) atoms. The van der Waals surface area contributed by atoms with Gasteiger partial charge in [0, 0.05) is 50.6 Å². The molecule has 0 heterocycles. The maximum atomic E-state index is 13.4. The molecule has 1 aromatic carbocycles. The fraction of sp³-hybridized carbons (Fsp3) is 0.625. The monoisotopic (exact) mass is 711 g/mol. The molecule has 0 aliphatic carbocycles. The van der Waals surface area contributed by atoms with Gasteiger partial charge in [0.2, 0.25) is 23.6 Å². The first kappa shape index (κ1) is 42.9. The van der Waals surface area contributed by atoms with E-state index in [0.29, 0.717) is 37.1 Å². The summed E-state index contributed by atoms with van der Waals surface area (Å²) in [4.78, 5) is 73.6. The standard InChI is InChI=1S/C32H53N7O9S/c1-20(2)26(37-25(41)14-15-32(6,7)47-18-16-31(4,5)38-21(3)40)28(43)36-24(9-8-17-34-29(33)44)27(42)35-23-12-10-22(11-13-23)19-46-30(45)39-48-49/h10-13,20,24,26,49H,8-9,14-19H2,1-7H3,(H,35,42)(H,36,43)(H,37,41)(H,38,40)(H,39,45)(H3,33,34,44). The minimum absolute atomic E-state index is 0.0617. The zero-order valence-corrected chi connectivity index (χ0v) is 30.3. The van der Waals surface area contributed by atoms with Crippen LogP contribution in [0.2, 0.25) is 0 Å². The van der Waals surface area contributed by atoms with E-state index in [1.54, 1.807) is 38.1 Å². The topological polar surface area (TPSA) is 228 Å². The lowest BCUT2D eigenvalue weighted by Gasteiger charge is -2.30. The molecule has 276 valence electrons. The van der Waals surface area contributed by atoms with Crippen molar-refractivity contribution >= 4 is 54.4 Å². The molecular weight excluding hydrogens is 658 g/mol. The summed E-state index contributed by atoms with van der Waals surface area (Å²) in [6.45, 7) is 13.1.